The third-order valence-corrected chi connectivity index (χ3v) is 2.84. The van der Waals surface area contributed by atoms with E-state index in [1.54, 1.807) is 5.57 Å². The second-order valence-electron chi connectivity index (χ2n) is 3.99. The predicted octanol–water partition coefficient (Wildman–Crippen LogP) is 4.04. The van der Waals surface area contributed by atoms with Gasteiger partial charge in [0.25, 0.3) is 0 Å². The lowest BCUT2D eigenvalue weighted by atomic mass is 9.95. The van der Waals surface area contributed by atoms with E-state index in [9.17, 15) is 0 Å². The van der Waals surface area contributed by atoms with Crippen molar-refractivity contribution in [1.82, 2.24) is 0 Å². The molecule has 1 aromatic carbocycles. The number of hydrogen-bond donors (Lipinski definition) is 0. The van der Waals surface area contributed by atoms with Gasteiger partial charge in [0.1, 0.15) is 0 Å². The number of aryl methyl sites for hydroxylation is 2. The van der Waals surface area contributed by atoms with Gasteiger partial charge in [-0.3, -0.25) is 0 Å². The molecule has 0 radical (unpaired) electrons. The molecule has 0 unspecified atom stereocenters. The number of allylic oxidation sites excluding steroid dienone is 3. The molecule has 0 N–H and O–H groups in total. The minimum Gasteiger partial charge on any atom is -0.0984 e. The van der Waals surface area contributed by atoms with Crippen molar-refractivity contribution in [2.24, 2.45) is 0 Å². The van der Waals surface area contributed by atoms with E-state index < -0.39 is 0 Å². The van der Waals surface area contributed by atoms with Gasteiger partial charge >= 0.3 is 0 Å². The van der Waals surface area contributed by atoms with E-state index in [1.165, 1.54) is 35.1 Å². The minimum absolute atomic E-state index is 1.26. The first-order chi connectivity index (χ1) is 6.74. The van der Waals surface area contributed by atoms with Gasteiger partial charge in [-0.2, -0.15) is 0 Å². The number of benzene rings is 1. The summed E-state index contributed by atoms with van der Waals surface area (Å²) in [5.74, 6) is 0. The highest BCUT2D eigenvalue weighted by Gasteiger charge is 2.18. The Labute approximate surface area is 86.0 Å². The van der Waals surface area contributed by atoms with Crippen molar-refractivity contribution in [1.29, 1.82) is 0 Å². The van der Waals surface area contributed by atoms with Crippen LogP contribution in [0.4, 0.5) is 0 Å². The first-order valence-electron chi connectivity index (χ1n) is 5.15. The fourth-order valence-electron chi connectivity index (χ4n) is 1.99. The van der Waals surface area contributed by atoms with Crippen molar-refractivity contribution in [2.45, 2.75) is 26.7 Å². The van der Waals surface area contributed by atoms with Crippen LogP contribution < -0.4 is 0 Å². The number of hydrogen-bond acceptors (Lipinski definition) is 0. The maximum absolute atomic E-state index is 3.92. The molecule has 0 nitrogen and oxygen atoms in total. The SMILES string of the molecule is C=CC(=C1CC1)c1c(C)cccc1C. The van der Waals surface area contributed by atoms with Crippen LogP contribution in [0.15, 0.2) is 36.4 Å². The summed E-state index contributed by atoms with van der Waals surface area (Å²) in [6.45, 7) is 8.27. The van der Waals surface area contributed by atoms with Gasteiger partial charge in [-0.25, -0.2) is 0 Å². The molecule has 0 aliphatic heterocycles. The third-order valence-electron chi connectivity index (χ3n) is 2.84. The zero-order valence-electron chi connectivity index (χ0n) is 8.93. The van der Waals surface area contributed by atoms with Crippen LogP contribution in [0, 0.1) is 13.8 Å². The van der Waals surface area contributed by atoms with Gasteiger partial charge in [-0.15, -0.1) is 0 Å². The van der Waals surface area contributed by atoms with Crippen molar-refractivity contribution in [3.8, 4) is 0 Å². The first-order valence-corrected chi connectivity index (χ1v) is 5.15. The Hall–Kier alpha value is -1.30. The fraction of sp³-hybridized carbons (Fsp3) is 0.286. The molecule has 0 aromatic heterocycles. The maximum atomic E-state index is 3.92. The lowest BCUT2D eigenvalue weighted by molar-refractivity contribution is 1.34. The summed E-state index contributed by atoms with van der Waals surface area (Å²) in [7, 11) is 0. The lowest BCUT2D eigenvalue weighted by Crippen LogP contribution is -1.90. The molecular weight excluding hydrogens is 168 g/mol. The Kier molecular flexibility index (Phi) is 2.28. The summed E-state index contributed by atoms with van der Waals surface area (Å²) >= 11 is 0. The average Bonchev–Trinajstić information content (AvgIpc) is 2.95. The number of rotatable bonds is 2. The van der Waals surface area contributed by atoms with Gasteiger partial charge in [0.2, 0.25) is 0 Å². The van der Waals surface area contributed by atoms with Crippen LogP contribution >= 0.6 is 0 Å². The van der Waals surface area contributed by atoms with Crippen LogP contribution in [0.2, 0.25) is 0 Å². The Bertz CT molecular complexity index is 382. The molecule has 0 spiro atoms. The van der Waals surface area contributed by atoms with Gasteiger partial charge in [-0.05, 0) is 49.0 Å². The smallest absolute Gasteiger partial charge is 0.0126 e. The van der Waals surface area contributed by atoms with Crippen LogP contribution in [0.3, 0.4) is 0 Å². The van der Waals surface area contributed by atoms with Crippen LogP contribution in [0.1, 0.15) is 29.5 Å². The van der Waals surface area contributed by atoms with Crippen LogP contribution in [0.25, 0.3) is 5.57 Å². The molecule has 1 saturated carbocycles. The standard InChI is InChI=1S/C14H16/c1-4-13(12-8-9-12)14-10(2)6-5-7-11(14)3/h4-7H,1,8-9H2,2-3H3. The van der Waals surface area contributed by atoms with E-state index in [0.717, 1.165) is 0 Å². The minimum atomic E-state index is 1.26. The van der Waals surface area contributed by atoms with E-state index in [0.29, 0.717) is 0 Å². The van der Waals surface area contributed by atoms with Gasteiger partial charge in [0, 0.05) is 0 Å². The van der Waals surface area contributed by atoms with Crippen LogP contribution in [-0.4, -0.2) is 0 Å². The molecule has 72 valence electrons. The summed E-state index contributed by atoms with van der Waals surface area (Å²) in [6.07, 6.45) is 4.53. The maximum Gasteiger partial charge on any atom is -0.0126 e. The van der Waals surface area contributed by atoms with E-state index >= 15 is 0 Å². The molecule has 0 saturated heterocycles. The van der Waals surface area contributed by atoms with Crippen molar-refractivity contribution in [3.63, 3.8) is 0 Å². The van der Waals surface area contributed by atoms with Gasteiger partial charge in [-0.1, -0.05) is 36.4 Å². The third kappa shape index (κ3) is 1.52. The Morgan fingerprint density at radius 3 is 2.21 bits per heavy atom. The van der Waals surface area contributed by atoms with Crippen molar-refractivity contribution in [2.75, 3.05) is 0 Å². The Morgan fingerprint density at radius 2 is 1.79 bits per heavy atom. The normalized spacial score (nSPS) is 14.0. The molecule has 0 amide bonds. The van der Waals surface area contributed by atoms with E-state index in [2.05, 4.69) is 38.6 Å². The molecule has 2 rings (SSSR count). The Balaban J connectivity index is 2.60. The summed E-state index contributed by atoms with van der Waals surface area (Å²) in [5, 5.41) is 0. The molecule has 0 atom stereocenters. The molecule has 1 aliphatic rings. The second-order valence-corrected chi connectivity index (χ2v) is 3.99. The van der Waals surface area contributed by atoms with Crippen molar-refractivity contribution in [3.05, 3.63) is 53.1 Å². The molecule has 1 aliphatic carbocycles. The highest BCUT2D eigenvalue weighted by atomic mass is 14.2. The zero-order chi connectivity index (χ0) is 10.1. The molecule has 14 heavy (non-hydrogen) atoms. The quantitative estimate of drug-likeness (QED) is 0.650. The summed E-state index contributed by atoms with van der Waals surface area (Å²) in [4.78, 5) is 0. The monoisotopic (exact) mass is 184 g/mol. The van der Waals surface area contributed by atoms with Crippen LogP contribution in [-0.2, 0) is 0 Å². The van der Waals surface area contributed by atoms with Crippen molar-refractivity contribution < 1.29 is 0 Å². The van der Waals surface area contributed by atoms with E-state index in [1.807, 2.05) is 6.08 Å². The molecule has 0 heterocycles. The topological polar surface area (TPSA) is 0 Å². The largest absolute Gasteiger partial charge is 0.0984 e. The van der Waals surface area contributed by atoms with E-state index in [-0.39, 0.29) is 0 Å². The van der Waals surface area contributed by atoms with Gasteiger partial charge in [0.15, 0.2) is 0 Å². The van der Waals surface area contributed by atoms with Crippen LogP contribution in [0.5, 0.6) is 0 Å². The zero-order valence-corrected chi connectivity index (χ0v) is 8.93. The van der Waals surface area contributed by atoms with Gasteiger partial charge in [0.05, 0.1) is 0 Å². The fourth-order valence-corrected chi connectivity index (χ4v) is 1.99. The molecular formula is C14H16. The molecule has 0 bridgehead atoms. The highest BCUT2D eigenvalue weighted by molar-refractivity contribution is 5.81. The molecule has 1 fully saturated rings. The summed E-state index contributed by atoms with van der Waals surface area (Å²) in [6, 6.07) is 6.47. The summed E-state index contributed by atoms with van der Waals surface area (Å²) in [5.41, 5.74) is 7.06. The lowest BCUT2D eigenvalue weighted by Gasteiger charge is -2.10. The van der Waals surface area contributed by atoms with Gasteiger partial charge < -0.3 is 0 Å². The second kappa shape index (κ2) is 3.45. The highest BCUT2D eigenvalue weighted by Crippen LogP contribution is 2.38. The Morgan fingerprint density at radius 1 is 1.21 bits per heavy atom. The van der Waals surface area contributed by atoms with E-state index in [4.69, 9.17) is 0 Å². The molecule has 1 aromatic rings. The van der Waals surface area contributed by atoms with Crippen molar-refractivity contribution >= 4 is 5.57 Å². The summed E-state index contributed by atoms with van der Waals surface area (Å²) < 4.78 is 0. The first kappa shape index (κ1) is 9.26. The molecule has 0 heteroatoms. The predicted molar refractivity (Wildman–Crippen MR) is 62.3 cm³/mol. The average molecular weight is 184 g/mol.